The molecular weight excluding hydrogens is 420 g/mol. The van der Waals surface area contributed by atoms with Crippen molar-refractivity contribution in [3.05, 3.63) is 52.6 Å². The molecular formula is C23H35F2N3O2S. The maximum atomic E-state index is 12.3. The van der Waals surface area contributed by atoms with Crippen molar-refractivity contribution in [2.75, 3.05) is 14.1 Å². The highest BCUT2D eigenvalue weighted by atomic mass is 32.2. The molecule has 8 heteroatoms. The smallest absolute Gasteiger partial charge is 0.345 e. The van der Waals surface area contributed by atoms with E-state index in [-0.39, 0.29) is 12.3 Å². The van der Waals surface area contributed by atoms with Crippen LogP contribution in [0.3, 0.4) is 0 Å². The predicted octanol–water partition coefficient (Wildman–Crippen LogP) is 4.88. The van der Waals surface area contributed by atoms with Gasteiger partial charge in [0, 0.05) is 11.4 Å². The molecule has 2 rings (SSSR count). The molecule has 1 unspecified atom stereocenters. The molecule has 0 spiro atoms. The summed E-state index contributed by atoms with van der Waals surface area (Å²) in [6.45, 7) is 4.08. The van der Waals surface area contributed by atoms with E-state index in [1.807, 2.05) is 32.9 Å². The number of benzene rings is 1. The maximum Gasteiger partial charge on any atom is 0.345 e. The Kier molecular flexibility index (Phi) is 12.0. The van der Waals surface area contributed by atoms with Gasteiger partial charge in [0.15, 0.2) is 0 Å². The summed E-state index contributed by atoms with van der Waals surface area (Å²) in [5.74, 6) is -0.228. The van der Waals surface area contributed by atoms with Crippen LogP contribution in [0.15, 0.2) is 52.0 Å². The second kappa shape index (κ2) is 13.6. The van der Waals surface area contributed by atoms with Gasteiger partial charge in [0.25, 0.3) is 0 Å². The first-order chi connectivity index (χ1) is 14.6. The highest BCUT2D eigenvalue weighted by Crippen LogP contribution is 2.35. The number of halogens is 2. The van der Waals surface area contributed by atoms with Crippen LogP contribution in [0.25, 0.3) is 0 Å². The van der Waals surface area contributed by atoms with Gasteiger partial charge in [0.1, 0.15) is 0 Å². The van der Waals surface area contributed by atoms with Gasteiger partial charge in [0.05, 0.1) is 12.5 Å². The summed E-state index contributed by atoms with van der Waals surface area (Å²) in [6, 6.07) is 8.30. The second-order valence-electron chi connectivity index (χ2n) is 7.99. The molecule has 31 heavy (non-hydrogen) atoms. The van der Waals surface area contributed by atoms with E-state index in [9.17, 15) is 13.6 Å². The van der Waals surface area contributed by atoms with Gasteiger partial charge in [-0.25, -0.2) is 0 Å². The number of carbonyl (C=O) groups is 1. The highest BCUT2D eigenvalue weighted by molar-refractivity contribution is 7.97. The summed E-state index contributed by atoms with van der Waals surface area (Å²) in [4.78, 5) is 14.4. The molecule has 0 bridgehead atoms. The van der Waals surface area contributed by atoms with Crippen LogP contribution >= 0.6 is 11.9 Å². The zero-order chi connectivity index (χ0) is 23.6. The predicted molar refractivity (Wildman–Crippen MR) is 123 cm³/mol. The zero-order valence-electron chi connectivity index (χ0n) is 19.0. The third kappa shape index (κ3) is 9.95. The van der Waals surface area contributed by atoms with Crippen molar-refractivity contribution in [2.24, 2.45) is 16.8 Å². The van der Waals surface area contributed by atoms with E-state index in [0.717, 1.165) is 28.2 Å². The Balaban J connectivity index is 0.000000343. The fourth-order valence-electron chi connectivity index (χ4n) is 3.50. The number of rotatable bonds is 9. The molecule has 0 radical (unpaired) electrons. The van der Waals surface area contributed by atoms with E-state index in [4.69, 9.17) is 10.9 Å². The average Bonchev–Trinajstić information content (AvgIpc) is 2.68. The second-order valence-corrected chi connectivity index (χ2v) is 8.69. The summed E-state index contributed by atoms with van der Waals surface area (Å²) in [5, 5.41) is 5.41. The molecule has 0 heterocycles. The molecule has 0 aromatic heterocycles. The largest absolute Gasteiger partial charge is 0.369 e. The first-order valence-electron chi connectivity index (χ1n) is 10.3. The van der Waals surface area contributed by atoms with Gasteiger partial charge in [-0.05, 0) is 73.6 Å². The Hall–Kier alpha value is -1.74. The number of hydrogen-bond donors (Lipinski definition) is 2. The van der Waals surface area contributed by atoms with E-state index in [1.165, 1.54) is 17.5 Å². The van der Waals surface area contributed by atoms with Crippen molar-refractivity contribution >= 4 is 17.9 Å². The van der Waals surface area contributed by atoms with Crippen molar-refractivity contribution < 1.29 is 18.3 Å². The van der Waals surface area contributed by atoms with E-state index < -0.39 is 18.6 Å². The van der Waals surface area contributed by atoms with Crippen molar-refractivity contribution in [3.8, 4) is 0 Å². The quantitative estimate of drug-likeness (QED) is 0.519. The van der Waals surface area contributed by atoms with Crippen molar-refractivity contribution in [2.45, 2.75) is 64.2 Å². The third-order valence-electron chi connectivity index (χ3n) is 4.85. The lowest BCUT2D eigenvalue weighted by Crippen LogP contribution is -2.24. The van der Waals surface area contributed by atoms with Crippen LogP contribution in [-0.2, 0) is 16.1 Å². The Bertz CT molecular complexity index is 763. The molecule has 174 valence electrons. The van der Waals surface area contributed by atoms with E-state index in [1.54, 1.807) is 6.08 Å². The topological polar surface area (TPSA) is 81.6 Å². The minimum atomic E-state index is -2.79. The van der Waals surface area contributed by atoms with Gasteiger partial charge in [-0.3, -0.25) is 9.93 Å². The van der Waals surface area contributed by atoms with Crippen molar-refractivity contribution in [3.63, 3.8) is 0 Å². The van der Waals surface area contributed by atoms with Gasteiger partial charge in [0.2, 0.25) is 5.91 Å². The van der Waals surface area contributed by atoms with Gasteiger partial charge >= 0.3 is 6.61 Å². The van der Waals surface area contributed by atoms with Crippen LogP contribution in [0.2, 0.25) is 0 Å². The van der Waals surface area contributed by atoms with Crippen LogP contribution in [0.1, 0.15) is 45.6 Å². The standard InChI is InChI=1S/C14H21F2NO2.C9H14N2S/c1-4-9-5-10(19-14(15)16)6-11(8(2)3)12(9)7-13(17)18;1-11(2)7-8-3-5-9(12-10)6-4-8/h5,8,10,14H,4,6-7H2,1-3H3,(H2,17,18);3-6H,7,10H2,1-2H3. The summed E-state index contributed by atoms with van der Waals surface area (Å²) in [7, 11) is 4.12. The van der Waals surface area contributed by atoms with Gasteiger partial charge in [-0.15, -0.1) is 0 Å². The average molecular weight is 456 g/mol. The highest BCUT2D eigenvalue weighted by Gasteiger charge is 2.26. The van der Waals surface area contributed by atoms with Crippen LogP contribution in [-0.4, -0.2) is 37.6 Å². The molecule has 5 nitrogen and oxygen atoms in total. The molecule has 1 atom stereocenters. The number of nitrogens with zero attached hydrogens (tertiary/aromatic N) is 1. The number of amides is 1. The van der Waals surface area contributed by atoms with E-state index >= 15 is 0 Å². The van der Waals surface area contributed by atoms with Crippen molar-refractivity contribution in [1.29, 1.82) is 0 Å². The monoisotopic (exact) mass is 455 g/mol. The Morgan fingerprint density at radius 3 is 2.29 bits per heavy atom. The van der Waals surface area contributed by atoms with Gasteiger partial charge in [-0.2, -0.15) is 8.78 Å². The summed E-state index contributed by atoms with van der Waals surface area (Å²) < 4.78 is 29.3. The number of nitrogens with two attached hydrogens (primary N) is 2. The summed E-state index contributed by atoms with van der Waals surface area (Å²) >= 11 is 1.28. The summed E-state index contributed by atoms with van der Waals surface area (Å²) in [6.07, 6.45) is 2.30. The van der Waals surface area contributed by atoms with Gasteiger partial charge in [-0.1, -0.05) is 44.6 Å². The third-order valence-corrected chi connectivity index (χ3v) is 5.39. The number of hydrogen-bond acceptors (Lipinski definition) is 5. The molecule has 0 saturated carbocycles. The number of carbonyl (C=O) groups excluding carboxylic acids is 1. The minimum Gasteiger partial charge on any atom is -0.369 e. The lowest BCUT2D eigenvalue weighted by molar-refractivity contribution is -0.150. The number of ether oxygens (including phenoxy) is 1. The fourth-order valence-corrected chi connectivity index (χ4v) is 3.80. The Labute approximate surface area is 189 Å². The lowest BCUT2D eigenvalue weighted by atomic mass is 9.81. The maximum absolute atomic E-state index is 12.3. The van der Waals surface area contributed by atoms with E-state index in [0.29, 0.717) is 12.8 Å². The molecule has 1 amide bonds. The lowest BCUT2D eigenvalue weighted by Gasteiger charge is -2.28. The zero-order valence-corrected chi connectivity index (χ0v) is 19.8. The normalized spacial score (nSPS) is 16.5. The van der Waals surface area contributed by atoms with Gasteiger partial charge < -0.3 is 15.4 Å². The van der Waals surface area contributed by atoms with Crippen LogP contribution < -0.4 is 10.9 Å². The van der Waals surface area contributed by atoms with E-state index in [2.05, 4.69) is 35.9 Å². The SMILES string of the molecule is CCC1=CC(OC(F)F)CC(C(C)C)=C1CC(N)=O.CN(C)Cc1ccc(SN)cc1. The number of allylic oxidation sites excluding steroid dienone is 1. The molecule has 0 fully saturated rings. The Morgan fingerprint density at radius 1 is 1.26 bits per heavy atom. The van der Waals surface area contributed by atoms with Crippen LogP contribution in [0.4, 0.5) is 8.78 Å². The van der Waals surface area contributed by atoms with Crippen LogP contribution in [0, 0.1) is 5.92 Å². The molecule has 1 aromatic carbocycles. The minimum absolute atomic E-state index is 0.161. The number of primary amides is 1. The number of alkyl halides is 2. The fraction of sp³-hybridized carbons (Fsp3) is 0.522. The summed E-state index contributed by atoms with van der Waals surface area (Å²) in [5.41, 5.74) is 9.36. The molecule has 0 aliphatic heterocycles. The van der Waals surface area contributed by atoms with Crippen LogP contribution in [0.5, 0.6) is 0 Å². The molecule has 1 aliphatic rings. The first kappa shape index (κ1) is 27.3. The van der Waals surface area contributed by atoms with Crippen molar-refractivity contribution in [1.82, 2.24) is 4.90 Å². The molecule has 1 aliphatic carbocycles. The molecule has 1 aromatic rings. The Morgan fingerprint density at radius 2 is 1.87 bits per heavy atom. The first-order valence-corrected chi connectivity index (χ1v) is 11.2. The molecule has 0 saturated heterocycles. The molecule has 4 N–H and O–H groups in total.